The van der Waals surface area contributed by atoms with Crippen LogP contribution in [0.3, 0.4) is 0 Å². The third-order valence-electron chi connectivity index (χ3n) is 4.29. The predicted octanol–water partition coefficient (Wildman–Crippen LogP) is 4.41. The molecule has 3 rings (SSSR count). The molecule has 0 spiro atoms. The molecule has 0 aliphatic carbocycles. The van der Waals surface area contributed by atoms with Gasteiger partial charge in [-0.2, -0.15) is 0 Å². The summed E-state index contributed by atoms with van der Waals surface area (Å²) in [5.41, 5.74) is 3.41. The number of methoxy groups -OCH3 is 3. The van der Waals surface area contributed by atoms with Crippen LogP contribution in [0.4, 0.5) is 17.1 Å². The molecule has 0 fully saturated rings. The monoisotopic (exact) mass is 393 g/mol. The Labute approximate surface area is 169 Å². The molecule has 0 saturated heterocycles. The number of benzene rings is 2. The van der Waals surface area contributed by atoms with E-state index in [9.17, 15) is 4.79 Å². The van der Waals surface area contributed by atoms with Crippen LogP contribution in [0, 0.1) is 6.92 Å². The predicted molar refractivity (Wildman–Crippen MR) is 113 cm³/mol. The maximum Gasteiger partial charge on any atom is 0.257 e. The summed E-state index contributed by atoms with van der Waals surface area (Å²) in [6.07, 6.45) is 3.14. The van der Waals surface area contributed by atoms with Crippen molar-refractivity contribution in [1.29, 1.82) is 0 Å². The molecule has 0 unspecified atom stereocenters. The first-order valence-electron chi connectivity index (χ1n) is 8.94. The van der Waals surface area contributed by atoms with Gasteiger partial charge in [-0.1, -0.05) is 6.07 Å². The standard InChI is InChI=1S/C22H23N3O4/c1-14-5-8-20(28-3)19(9-14)25-22(26)15-10-16(13-23-12-15)24-18-7-6-17(27-2)11-21(18)29-4/h5-13,24H,1-4H3,(H,25,26). The zero-order valence-electron chi connectivity index (χ0n) is 16.8. The minimum atomic E-state index is -0.285. The van der Waals surface area contributed by atoms with Crippen LogP contribution in [0.25, 0.3) is 0 Å². The Morgan fingerprint density at radius 1 is 0.862 bits per heavy atom. The molecule has 150 valence electrons. The smallest absolute Gasteiger partial charge is 0.257 e. The molecule has 7 nitrogen and oxygen atoms in total. The van der Waals surface area contributed by atoms with E-state index in [1.807, 2.05) is 37.3 Å². The van der Waals surface area contributed by atoms with E-state index in [1.54, 1.807) is 39.7 Å². The van der Waals surface area contributed by atoms with Crippen LogP contribution in [0.15, 0.2) is 54.9 Å². The first-order chi connectivity index (χ1) is 14.0. The molecule has 0 aliphatic heterocycles. The summed E-state index contributed by atoms with van der Waals surface area (Å²) in [6, 6.07) is 12.7. The summed E-state index contributed by atoms with van der Waals surface area (Å²) in [5.74, 6) is 1.61. The van der Waals surface area contributed by atoms with Crippen LogP contribution in [-0.4, -0.2) is 32.2 Å². The Morgan fingerprint density at radius 2 is 1.66 bits per heavy atom. The van der Waals surface area contributed by atoms with E-state index in [-0.39, 0.29) is 5.91 Å². The molecule has 7 heteroatoms. The number of nitrogens with one attached hydrogen (secondary N) is 2. The molecule has 2 N–H and O–H groups in total. The molecule has 0 aliphatic rings. The Kier molecular flexibility index (Phi) is 6.19. The Bertz CT molecular complexity index is 1020. The van der Waals surface area contributed by atoms with Crippen LogP contribution in [-0.2, 0) is 0 Å². The molecule has 1 aromatic heterocycles. The van der Waals surface area contributed by atoms with Gasteiger partial charge < -0.3 is 24.8 Å². The summed E-state index contributed by atoms with van der Waals surface area (Å²) in [5, 5.41) is 6.09. The molecule has 29 heavy (non-hydrogen) atoms. The van der Waals surface area contributed by atoms with Crippen molar-refractivity contribution in [3.63, 3.8) is 0 Å². The highest BCUT2D eigenvalue weighted by molar-refractivity contribution is 6.05. The van der Waals surface area contributed by atoms with Crippen molar-refractivity contribution in [2.75, 3.05) is 32.0 Å². The Morgan fingerprint density at radius 3 is 2.38 bits per heavy atom. The second-order valence-electron chi connectivity index (χ2n) is 6.31. The van der Waals surface area contributed by atoms with E-state index in [0.717, 1.165) is 11.3 Å². The quantitative estimate of drug-likeness (QED) is 0.619. The molecule has 1 amide bonds. The van der Waals surface area contributed by atoms with E-state index in [2.05, 4.69) is 15.6 Å². The van der Waals surface area contributed by atoms with Crippen molar-refractivity contribution < 1.29 is 19.0 Å². The molecular formula is C22H23N3O4. The minimum Gasteiger partial charge on any atom is -0.497 e. The number of pyridine rings is 1. The molecule has 0 bridgehead atoms. The van der Waals surface area contributed by atoms with Crippen LogP contribution < -0.4 is 24.8 Å². The average molecular weight is 393 g/mol. The van der Waals surface area contributed by atoms with Gasteiger partial charge in [-0.3, -0.25) is 9.78 Å². The van der Waals surface area contributed by atoms with Crippen molar-refractivity contribution in [1.82, 2.24) is 4.98 Å². The van der Waals surface area contributed by atoms with Crippen molar-refractivity contribution >= 4 is 23.0 Å². The number of amides is 1. The van der Waals surface area contributed by atoms with Gasteiger partial charge in [0, 0.05) is 12.3 Å². The summed E-state index contributed by atoms with van der Waals surface area (Å²) in [7, 11) is 4.74. The number of aryl methyl sites for hydroxylation is 1. The number of ether oxygens (including phenoxy) is 3. The lowest BCUT2D eigenvalue weighted by Gasteiger charge is -2.14. The molecule has 2 aromatic carbocycles. The fourth-order valence-corrected chi connectivity index (χ4v) is 2.80. The van der Waals surface area contributed by atoms with Crippen molar-refractivity contribution in [3.8, 4) is 17.2 Å². The lowest BCUT2D eigenvalue weighted by molar-refractivity contribution is 0.102. The maximum atomic E-state index is 12.7. The van der Waals surface area contributed by atoms with Gasteiger partial charge in [-0.25, -0.2) is 0 Å². The number of nitrogens with zero attached hydrogens (tertiary/aromatic N) is 1. The van der Waals surface area contributed by atoms with Crippen molar-refractivity contribution in [2.45, 2.75) is 6.92 Å². The second kappa shape index (κ2) is 8.97. The third-order valence-corrected chi connectivity index (χ3v) is 4.29. The number of aromatic nitrogens is 1. The summed E-state index contributed by atoms with van der Waals surface area (Å²) in [6.45, 7) is 1.95. The molecule has 0 saturated carbocycles. The Hall–Kier alpha value is -3.74. The average Bonchev–Trinajstić information content (AvgIpc) is 2.74. The van der Waals surface area contributed by atoms with Gasteiger partial charge in [0.25, 0.3) is 5.91 Å². The lowest BCUT2D eigenvalue weighted by Crippen LogP contribution is -2.13. The van der Waals surface area contributed by atoms with Crippen LogP contribution in [0.5, 0.6) is 17.2 Å². The van der Waals surface area contributed by atoms with Gasteiger partial charge in [0.05, 0.1) is 50.2 Å². The summed E-state index contributed by atoms with van der Waals surface area (Å²) < 4.78 is 15.9. The largest absolute Gasteiger partial charge is 0.497 e. The van der Waals surface area contributed by atoms with E-state index in [0.29, 0.717) is 34.2 Å². The zero-order chi connectivity index (χ0) is 20.8. The van der Waals surface area contributed by atoms with Gasteiger partial charge in [-0.05, 0) is 42.8 Å². The molecule has 0 atom stereocenters. The van der Waals surface area contributed by atoms with Crippen LogP contribution >= 0.6 is 0 Å². The topological polar surface area (TPSA) is 81.7 Å². The number of hydrogen-bond acceptors (Lipinski definition) is 6. The SMILES string of the molecule is COc1ccc(Nc2cncc(C(=O)Nc3cc(C)ccc3OC)c2)c(OC)c1. The highest BCUT2D eigenvalue weighted by atomic mass is 16.5. The van der Waals surface area contributed by atoms with Crippen molar-refractivity contribution in [3.05, 3.63) is 66.0 Å². The molecule has 1 heterocycles. The van der Waals surface area contributed by atoms with Gasteiger partial charge in [0.2, 0.25) is 0 Å². The van der Waals surface area contributed by atoms with Crippen LogP contribution in [0.2, 0.25) is 0 Å². The molecule has 3 aromatic rings. The zero-order valence-corrected chi connectivity index (χ0v) is 16.8. The van der Waals surface area contributed by atoms with Gasteiger partial charge in [0.15, 0.2) is 0 Å². The molecular weight excluding hydrogens is 370 g/mol. The van der Waals surface area contributed by atoms with E-state index in [1.165, 1.54) is 6.20 Å². The fraction of sp³-hybridized carbons (Fsp3) is 0.182. The van der Waals surface area contributed by atoms with Gasteiger partial charge in [-0.15, -0.1) is 0 Å². The fourth-order valence-electron chi connectivity index (χ4n) is 2.80. The van der Waals surface area contributed by atoms with Crippen molar-refractivity contribution in [2.24, 2.45) is 0 Å². The number of rotatable bonds is 7. The Balaban J connectivity index is 1.81. The highest BCUT2D eigenvalue weighted by Gasteiger charge is 2.12. The number of carbonyl (C=O) groups excluding carboxylic acids is 1. The lowest BCUT2D eigenvalue weighted by atomic mass is 10.2. The first kappa shape index (κ1) is 20.0. The highest BCUT2D eigenvalue weighted by Crippen LogP contribution is 2.31. The maximum absolute atomic E-state index is 12.7. The van der Waals surface area contributed by atoms with E-state index in [4.69, 9.17) is 14.2 Å². The number of anilines is 3. The van der Waals surface area contributed by atoms with E-state index < -0.39 is 0 Å². The van der Waals surface area contributed by atoms with E-state index >= 15 is 0 Å². The first-order valence-corrected chi connectivity index (χ1v) is 8.94. The summed E-state index contributed by atoms with van der Waals surface area (Å²) >= 11 is 0. The minimum absolute atomic E-state index is 0.285. The van der Waals surface area contributed by atoms with Crippen LogP contribution in [0.1, 0.15) is 15.9 Å². The second-order valence-corrected chi connectivity index (χ2v) is 6.31. The van der Waals surface area contributed by atoms with Gasteiger partial charge >= 0.3 is 0 Å². The number of carbonyl (C=O) groups is 1. The molecule has 0 radical (unpaired) electrons. The third kappa shape index (κ3) is 4.76. The normalized spacial score (nSPS) is 10.2. The summed E-state index contributed by atoms with van der Waals surface area (Å²) in [4.78, 5) is 16.9. The van der Waals surface area contributed by atoms with Gasteiger partial charge in [0.1, 0.15) is 17.2 Å². The number of hydrogen-bond donors (Lipinski definition) is 2.